The molecule has 0 spiro atoms. The molecule has 3 heterocycles. The number of rotatable bonds is 8. The molecule has 1 aromatic carbocycles. The van der Waals surface area contributed by atoms with Crippen molar-refractivity contribution >= 4 is 38.7 Å². The summed E-state index contributed by atoms with van der Waals surface area (Å²) in [5.41, 5.74) is 1.85. The first-order valence-electron chi connectivity index (χ1n) is 16.1. The third kappa shape index (κ3) is 7.12. The van der Waals surface area contributed by atoms with E-state index in [9.17, 15) is 14.7 Å². The van der Waals surface area contributed by atoms with Gasteiger partial charge in [0.25, 0.3) is 0 Å². The van der Waals surface area contributed by atoms with Gasteiger partial charge in [0, 0.05) is 61.2 Å². The maximum absolute atomic E-state index is 13.2. The zero-order chi connectivity index (χ0) is 32.6. The molecule has 0 radical (unpaired) electrons. The van der Waals surface area contributed by atoms with E-state index >= 15 is 0 Å². The number of methoxy groups -OCH3 is 1. The van der Waals surface area contributed by atoms with E-state index in [1.54, 1.807) is 24.4 Å². The molecule has 1 aliphatic heterocycles. The van der Waals surface area contributed by atoms with Crippen molar-refractivity contribution in [3.8, 4) is 16.9 Å². The molecule has 3 atom stereocenters. The van der Waals surface area contributed by atoms with E-state index in [4.69, 9.17) is 14.2 Å². The third-order valence-electron chi connectivity index (χ3n) is 9.09. The second-order valence-corrected chi connectivity index (χ2v) is 14.6. The van der Waals surface area contributed by atoms with E-state index in [1.165, 1.54) is 11.3 Å². The van der Waals surface area contributed by atoms with Gasteiger partial charge in [0.15, 0.2) is 11.0 Å². The van der Waals surface area contributed by atoms with E-state index < -0.39 is 11.7 Å². The minimum Gasteiger partial charge on any atom is -0.495 e. The van der Waals surface area contributed by atoms with Crippen LogP contribution < -0.4 is 10.1 Å². The molecule has 1 saturated heterocycles. The van der Waals surface area contributed by atoms with Crippen LogP contribution >= 0.6 is 11.3 Å². The molecule has 2 aromatic heterocycles. The number of carbonyl (C=O) groups is 2. The summed E-state index contributed by atoms with van der Waals surface area (Å²) in [6.07, 6.45) is 6.80. The number of anilines is 1. The molecule has 3 aromatic rings. The van der Waals surface area contributed by atoms with Crippen molar-refractivity contribution < 1.29 is 28.9 Å². The highest BCUT2D eigenvalue weighted by molar-refractivity contribution is 7.22. The summed E-state index contributed by atoms with van der Waals surface area (Å²) in [5.74, 6) is 1.11. The number of piperazine rings is 1. The quantitative estimate of drug-likeness (QED) is 0.347. The van der Waals surface area contributed by atoms with Crippen LogP contribution in [-0.2, 0) is 20.9 Å². The number of hydrogen-bond donors (Lipinski definition) is 2. The number of benzene rings is 1. The Morgan fingerprint density at radius 2 is 1.89 bits per heavy atom. The van der Waals surface area contributed by atoms with Crippen LogP contribution in [0.25, 0.3) is 21.3 Å². The molecule has 13 heteroatoms. The number of carbonyl (C=O) groups excluding carboxylic acids is 2. The summed E-state index contributed by atoms with van der Waals surface area (Å²) in [7, 11) is 1.62. The van der Waals surface area contributed by atoms with Gasteiger partial charge in [-0.15, -0.1) is 0 Å². The number of thiazole rings is 1. The molecule has 0 bridgehead atoms. The van der Waals surface area contributed by atoms with Crippen LogP contribution in [0.15, 0.2) is 24.5 Å². The Balaban J connectivity index is 1.04. The Hall–Kier alpha value is -3.39. The van der Waals surface area contributed by atoms with Gasteiger partial charge in [-0.25, -0.2) is 19.7 Å². The number of amides is 2. The summed E-state index contributed by atoms with van der Waals surface area (Å²) in [5, 5.41) is 13.6. The van der Waals surface area contributed by atoms with E-state index in [0.717, 1.165) is 60.0 Å². The van der Waals surface area contributed by atoms with Crippen LogP contribution in [0.5, 0.6) is 5.75 Å². The minimum absolute atomic E-state index is 0.0223. The molecule has 2 aliphatic carbocycles. The van der Waals surface area contributed by atoms with Gasteiger partial charge < -0.3 is 29.5 Å². The van der Waals surface area contributed by atoms with Crippen LogP contribution in [-0.4, -0.2) is 98.5 Å². The standard InChI is InChI=1S/C33H44N6O6S/c1-19-17-38(32(42)45-33(2,3)4)11-12-39(19)22-13-20(14-22)30(41)37-31-36-24-10-9-23(28(43-5)29(24)46-31)21-15-34-27(35-16-21)18-44-26-8-6-7-25(26)40/h9-10,15-16,19-20,22,25-26,40H,6-8,11-14,17-18H2,1-5H3,(H,36,37,41)/t19-,20?,22?,25-,26-/m0/s1. The first kappa shape index (κ1) is 32.5. The van der Waals surface area contributed by atoms with Crippen LogP contribution in [0.1, 0.15) is 65.6 Å². The Bertz CT molecular complexity index is 1550. The van der Waals surface area contributed by atoms with Crippen LogP contribution in [0, 0.1) is 5.92 Å². The maximum atomic E-state index is 13.2. The van der Waals surface area contributed by atoms with Gasteiger partial charge >= 0.3 is 6.09 Å². The monoisotopic (exact) mass is 652 g/mol. The van der Waals surface area contributed by atoms with Crippen LogP contribution in [0.3, 0.4) is 0 Å². The molecule has 46 heavy (non-hydrogen) atoms. The normalized spacial score (nSPS) is 25.3. The predicted molar refractivity (Wildman–Crippen MR) is 175 cm³/mol. The molecule has 0 unspecified atom stereocenters. The lowest BCUT2D eigenvalue weighted by atomic mass is 9.78. The highest BCUT2D eigenvalue weighted by Crippen LogP contribution is 2.41. The maximum Gasteiger partial charge on any atom is 0.410 e. The molecular weight excluding hydrogens is 608 g/mol. The fraction of sp³-hybridized carbons (Fsp3) is 0.606. The predicted octanol–water partition coefficient (Wildman–Crippen LogP) is 4.85. The van der Waals surface area contributed by atoms with E-state index in [-0.39, 0.29) is 36.7 Å². The zero-order valence-electron chi connectivity index (χ0n) is 27.2. The van der Waals surface area contributed by atoms with Crippen molar-refractivity contribution in [1.29, 1.82) is 0 Å². The summed E-state index contributed by atoms with van der Waals surface area (Å²) in [6, 6.07) is 4.35. The average molecular weight is 653 g/mol. The molecule has 3 aliphatic rings. The summed E-state index contributed by atoms with van der Waals surface area (Å²) >= 11 is 1.39. The molecular formula is C33H44N6O6S. The van der Waals surface area contributed by atoms with Crippen molar-refractivity contribution in [2.24, 2.45) is 5.92 Å². The van der Waals surface area contributed by atoms with Crippen LogP contribution in [0.4, 0.5) is 9.93 Å². The van der Waals surface area contributed by atoms with Gasteiger partial charge in [-0.3, -0.25) is 9.69 Å². The number of hydrogen-bond acceptors (Lipinski definition) is 11. The van der Waals surface area contributed by atoms with Crippen molar-refractivity contribution in [2.45, 2.75) is 96.3 Å². The van der Waals surface area contributed by atoms with Gasteiger partial charge in [0.2, 0.25) is 5.91 Å². The van der Waals surface area contributed by atoms with Crippen molar-refractivity contribution in [2.75, 3.05) is 32.1 Å². The first-order chi connectivity index (χ1) is 22.0. The Morgan fingerprint density at radius 1 is 1.13 bits per heavy atom. The lowest BCUT2D eigenvalue weighted by Gasteiger charge is -2.49. The van der Waals surface area contributed by atoms with Crippen molar-refractivity contribution in [3.63, 3.8) is 0 Å². The molecule has 2 N–H and O–H groups in total. The number of aliphatic hydroxyl groups is 1. The Kier molecular flexibility index (Phi) is 9.47. The molecule has 6 rings (SSSR count). The summed E-state index contributed by atoms with van der Waals surface area (Å²) in [6.45, 7) is 10.0. The van der Waals surface area contributed by atoms with E-state index in [1.807, 2.05) is 32.9 Å². The van der Waals surface area contributed by atoms with Gasteiger partial charge in [-0.1, -0.05) is 11.3 Å². The van der Waals surface area contributed by atoms with Gasteiger partial charge in [-0.05, 0) is 71.9 Å². The largest absolute Gasteiger partial charge is 0.495 e. The fourth-order valence-corrected chi connectivity index (χ4v) is 7.58. The molecule has 3 fully saturated rings. The minimum atomic E-state index is -0.513. The summed E-state index contributed by atoms with van der Waals surface area (Å²) < 4.78 is 18.0. The highest BCUT2D eigenvalue weighted by atomic mass is 32.1. The van der Waals surface area contributed by atoms with E-state index in [0.29, 0.717) is 35.8 Å². The van der Waals surface area contributed by atoms with Gasteiger partial charge in [-0.2, -0.15) is 0 Å². The SMILES string of the molecule is COc1c(-c2cnc(CO[C@H]3CCC[C@@H]3O)nc2)ccc2nc(NC(=O)C3CC(N4CCN(C(=O)OC(C)(C)C)C[C@@H]4C)C3)sc12. The smallest absolute Gasteiger partial charge is 0.410 e. The second kappa shape index (κ2) is 13.4. The highest BCUT2D eigenvalue weighted by Gasteiger charge is 2.42. The Morgan fingerprint density at radius 3 is 2.54 bits per heavy atom. The third-order valence-corrected chi connectivity index (χ3v) is 10.1. The number of aliphatic hydroxyl groups excluding tert-OH is 1. The number of aromatic nitrogens is 3. The average Bonchev–Trinajstić information content (AvgIpc) is 3.59. The van der Waals surface area contributed by atoms with Gasteiger partial charge in [0.1, 0.15) is 18.0 Å². The number of nitrogens with one attached hydrogen (secondary N) is 1. The lowest BCUT2D eigenvalue weighted by molar-refractivity contribution is -0.125. The number of ether oxygens (including phenoxy) is 3. The lowest BCUT2D eigenvalue weighted by Crippen LogP contribution is -2.60. The van der Waals surface area contributed by atoms with Gasteiger partial charge in [0.05, 0.1) is 29.5 Å². The van der Waals surface area contributed by atoms with Crippen molar-refractivity contribution in [3.05, 3.63) is 30.4 Å². The fourth-order valence-electron chi connectivity index (χ4n) is 6.59. The van der Waals surface area contributed by atoms with Crippen molar-refractivity contribution in [1.82, 2.24) is 24.8 Å². The van der Waals surface area contributed by atoms with E-state index in [2.05, 4.69) is 32.1 Å². The molecule has 2 amide bonds. The molecule has 2 saturated carbocycles. The number of fused-ring (bicyclic) bond motifs is 1. The topological polar surface area (TPSA) is 139 Å². The van der Waals surface area contributed by atoms with Crippen LogP contribution in [0.2, 0.25) is 0 Å². The molecule has 12 nitrogen and oxygen atoms in total. The summed E-state index contributed by atoms with van der Waals surface area (Å²) in [4.78, 5) is 43.5. The number of nitrogens with zero attached hydrogens (tertiary/aromatic N) is 5. The zero-order valence-corrected chi connectivity index (χ0v) is 28.0. The first-order valence-corrected chi connectivity index (χ1v) is 16.9. The Labute approximate surface area is 273 Å². The second-order valence-electron chi connectivity index (χ2n) is 13.6. The molecule has 248 valence electrons.